The minimum absolute atomic E-state index is 0.802. The van der Waals surface area contributed by atoms with Crippen molar-refractivity contribution >= 4 is 12.6 Å². The molecule has 0 N–H and O–H groups in total. The van der Waals surface area contributed by atoms with Gasteiger partial charge in [-0.1, -0.05) is 6.42 Å². The third-order valence-electron chi connectivity index (χ3n) is 1.58. The van der Waals surface area contributed by atoms with Crippen molar-refractivity contribution in [1.29, 1.82) is 0 Å². The Morgan fingerprint density at radius 1 is 0.917 bits per heavy atom. The molecule has 0 aromatic carbocycles. The SMILES string of the molecule is COCCCOCCCCCS. The summed E-state index contributed by atoms with van der Waals surface area (Å²) in [5.74, 6) is 0.990. The normalized spacial score (nSPS) is 10.5. The van der Waals surface area contributed by atoms with E-state index < -0.39 is 0 Å². The van der Waals surface area contributed by atoms with Gasteiger partial charge in [-0.05, 0) is 25.0 Å². The highest BCUT2D eigenvalue weighted by Gasteiger charge is 1.89. The number of hydrogen-bond acceptors (Lipinski definition) is 3. The molecular weight excluding hydrogens is 172 g/mol. The molecule has 0 aromatic heterocycles. The number of methoxy groups -OCH3 is 1. The van der Waals surface area contributed by atoms with Crippen LogP contribution in [0.3, 0.4) is 0 Å². The van der Waals surface area contributed by atoms with Gasteiger partial charge in [0.15, 0.2) is 0 Å². The van der Waals surface area contributed by atoms with Crippen molar-refractivity contribution in [2.24, 2.45) is 0 Å². The second kappa shape index (κ2) is 11.3. The lowest BCUT2D eigenvalue weighted by Gasteiger charge is -2.02. The van der Waals surface area contributed by atoms with E-state index in [1.165, 1.54) is 12.8 Å². The summed E-state index contributed by atoms with van der Waals surface area (Å²) in [5, 5.41) is 0. The predicted molar refractivity (Wildman–Crippen MR) is 55.0 cm³/mol. The van der Waals surface area contributed by atoms with Crippen LogP contribution in [0.15, 0.2) is 0 Å². The molecule has 3 heteroatoms. The highest BCUT2D eigenvalue weighted by molar-refractivity contribution is 7.80. The van der Waals surface area contributed by atoms with E-state index >= 15 is 0 Å². The van der Waals surface area contributed by atoms with Crippen LogP contribution in [-0.4, -0.2) is 32.7 Å². The first-order valence-electron chi connectivity index (χ1n) is 4.59. The van der Waals surface area contributed by atoms with Gasteiger partial charge in [0.1, 0.15) is 0 Å². The molecule has 0 rings (SSSR count). The summed E-state index contributed by atoms with van der Waals surface area (Å²) < 4.78 is 10.3. The molecule has 0 saturated carbocycles. The largest absolute Gasteiger partial charge is 0.385 e. The van der Waals surface area contributed by atoms with Crippen LogP contribution in [0.1, 0.15) is 25.7 Å². The lowest BCUT2D eigenvalue weighted by atomic mass is 10.3. The highest BCUT2D eigenvalue weighted by atomic mass is 32.1. The van der Waals surface area contributed by atoms with E-state index in [2.05, 4.69) is 12.6 Å². The smallest absolute Gasteiger partial charge is 0.0487 e. The van der Waals surface area contributed by atoms with Gasteiger partial charge < -0.3 is 9.47 Å². The maximum atomic E-state index is 5.38. The molecule has 0 aliphatic heterocycles. The Labute approximate surface area is 81.0 Å². The third kappa shape index (κ3) is 10.3. The maximum Gasteiger partial charge on any atom is 0.0487 e. The van der Waals surface area contributed by atoms with Crippen LogP contribution < -0.4 is 0 Å². The molecule has 0 unspecified atom stereocenters. The first-order chi connectivity index (χ1) is 5.91. The van der Waals surface area contributed by atoms with Gasteiger partial charge in [0.25, 0.3) is 0 Å². The van der Waals surface area contributed by atoms with Crippen molar-refractivity contribution in [3.63, 3.8) is 0 Å². The lowest BCUT2D eigenvalue weighted by Crippen LogP contribution is -2.00. The van der Waals surface area contributed by atoms with Gasteiger partial charge in [-0.15, -0.1) is 0 Å². The number of hydrogen-bond donors (Lipinski definition) is 1. The molecule has 0 atom stereocenters. The topological polar surface area (TPSA) is 18.5 Å². The molecule has 12 heavy (non-hydrogen) atoms. The zero-order valence-electron chi connectivity index (χ0n) is 7.92. The van der Waals surface area contributed by atoms with Crippen molar-refractivity contribution in [3.05, 3.63) is 0 Å². The fraction of sp³-hybridized carbons (Fsp3) is 1.00. The second-order valence-electron chi connectivity index (χ2n) is 2.74. The number of unbranched alkanes of at least 4 members (excludes halogenated alkanes) is 2. The first-order valence-corrected chi connectivity index (χ1v) is 5.22. The van der Waals surface area contributed by atoms with Crippen molar-refractivity contribution < 1.29 is 9.47 Å². The van der Waals surface area contributed by atoms with Crippen LogP contribution in [-0.2, 0) is 9.47 Å². The molecule has 0 aromatic rings. The summed E-state index contributed by atoms with van der Waals surface area (Å²) in [6.07, 6.45) is 4.59. The quantitative estimate of drug-likeness (QED) is 0.446. The molecular formula is C9H20O2S. The fourth-order valence-corrected chi connectivity index (χ4v) is 1.12. The van der Waals surface area contributed by atoms with Crippen molar-refractivity contribution in [2.75, 3.05) is 32.7 Å². The van der Waals surface area contributed by atoms with Crippen LogP contribution in [0.5, 0.6) is 0 Å². The van der Waals surface area contributed by atoms with Crippen molar-refractivity contribution in [3.8, 4) is 0 Å². The van der Waals surface area contributed by atoms with Gasteiger partial charge in [-0.3, -0.25) is 0 Å². The maximum absolute atomic E-state index is 5.38. The van der Waals surface area contributed by atoms with Crippen LogP contribution in [0, 0.1) is 0 Å². The van der Waals surface area contributed by atoms with E-state index in [1.54, 1.807) is 7.11 Å². The molecule has 0 aliphatic carbocycles. The average molecular weight is 192 g/mol. The summed E-state index contributed by atoms with van der Waals surface area (Å²) in [6, 6.07) is 0. The molecule has 0 heterocycles. The average Bonchev–Trinajstić information content (AvgIpc) is 2.10. The monoisotopic (exact) mass is 192 g/mol. The summed E-state index contributed by atoms with van der Waals surface area (Å²) in [5.41, 5.74) is 0. The van der Waals surface area contributed by atoms with Crippen LogP contribution in [0.4, 0.5) is 0 Å². The number of thiol groups is 1. The minimum atomic E-state index is 0.802. The fourth-order valence-electron chi connectivity index (χ4n) is 0.900. The Morgan fingerprint density at radius 2 is 1.67 bits per heavy atom. The minimum Gasteiger partial charge on any atom is -0.385 e. The third-order valence-corrected chi connectivity index (χ3v) is 1.90. The molecule has 0 bridgehead atoms. The summed E-state index contributed by atoms with van der Waals surface area (Å²) in [6.45, 7) is 2.52. The Hall–Kier alpha value is 0.270. The van der Waals surface area contributed by atoms with Gasteiger partial charge in [-0.2, -0.15) is 12.6 Å². The van der Waals surface area contributed by atoms with Crippen molar-refractivity contribution in [2.45, 2.75) is 25.7 Å². The van der Waals surface area contributed by atoms with E-state index in [9.17, 15) is 0 Å². The molecule has 0 spiro atoms. The van der Waals surface area contributed by atoms with E-state index in [1.807, 2.05) is 0 Å². The zero-order chi connectivity index (χ0) is 9.07. The molecule has 0 radical (unpaired) electrons. The van der Waals surface area contributed by atoms with Gasteiger partial charge in [0, 0.05) is 26.9 Å². The van der Waals surface area contributed by atoms with Gasteiger partial charge >= 0.3 is 0 Å². The molecule has 0 amide bonds. The second-order valence-corrected chi connectivity index (χ2v) is 3.19. The molecule has 2 nitrogen and oxygen atoms in total. The van der Waals surface area contributed by atoms with Gasteiger partial charge in [0.05, 0.1) is 0 Å². The predicted octanol–water partition coefficient (Wildman–Crippen LogP) is 2.14. The molecule has 0 aliphatic rings. The Bertz CT molecular complexity index is 68.9. The van der Waals surface area contributed by atoms with Crippen LogP contribution in [0.2, 0.25) is 0 Å². The lowest BCUT2D eigenvalue weighted by molar-refractivity contribution is 0.100. The Morgan fingerprint density at radius 3 is 2.33 bits per heavy atom. The van der Waals surface area contributed by atoms with Crippen LogP contribution in [0.25, 0.3) is 0 Å². The summed E-state index contributed by atoms with van der Waals surface area (Å²) in [7, 11) is 1.71. The number of rotatable bonds is 9. The van der Waals surface area contributed by atoms with Crippen LogP contribution >= 0.6 is 12.6 Å². The summed E-state index contributed by atoms with van der Waals surface area (Å²) in [4.78, 5) is 0. The number of ether oxygens (including phenoxy) is 2. The van der Waals surface area contributed by atoms with E-state index in [-0.39, 0.29) is 0 Å². The highest BCUT2D eigenvalue weighted by Crippen LogP contribution is 1.97. The van der Waals surface area contributed by atoms with Crippen molar-refractivity contribution in [1.82, 2.24) is 0 Å². The Kier molecular flexibility index (Phi) is 11.5. The van der Waals surface area contributed by atoms with E-state index in [0.717, 1.165) is 38.4 Å². The Balaban J connectivity index is 2.73. The van der Waals surface area contributed by atoms with Gasteiger partial charge in [-0.25, -0.2) is 0 Å². The first kappa shape index (κ1) is 12.3. The van der Waals surface area contributed by atoms with E-state index in [0.29, 0.717) is 0 Å². The molecule has 74 valence electrons. The molecule has 0 fully saturated rings. The zero-order valence-corrected chi connectivity index (χ0v) is 8.81. The standard InChI is InChI=1S/C9H20O2S/c1-10-6-5-8-11-7-3-2-4-9-12/h12H,2-9H2,1H3. The molecule has 0 saturated heterocycles. The summed E-state index contributed by atoms with van der Waals surface area (Å²) >= 11 is 4.13. The van der Waals surface area contributed by atoms with Gasteiger partial charge in [0.2, 0.25) is 0 Å². The van der Waals surface area contributed by atoms with E-state index in [4.69, 9.17) is 9.47 Å².